The first kappa shape index (κ1) is 22.4. The molecular weight excluding hydrogens is 444 g/mol. The van der Waals surface area contributed by atoms with Gasteiger partial charge in [-0.2, -0.15) is 0 Å². The summed E-state index contributed by atoms with van der Waals surface area (Å²) in [4.78, 5) is 35.0. The molecule has 0 unspecified atom stereocenters. The summed E-state index contributed by atoms with van der Waals surface area (Å²) in [5.74, 6) is 0.295. The molecule has 4 rings (SSSR count). The number of aromatic hydroxyl groups is 1. The van der Waals surface area contributed by atoms with E-state index >= 15 is 0 Å². The Morgan fingerprint density at radius 1 is 1.15 bits per heavy atom. The third-order valence-electron chi connectivity index (χ3n) is 5.57. The van der Waals surface area contributed by atoms with Crippen LogP contribution < -0.4 is 16.0 Å². The van der Waals surface area contributed by atoms with Gasteiger partial charge in [0.1, 0.15) is 11.3 Å². The second-order valence-electron chi connectivity index (χ2n) is 7.63. The molecule has 0 saturated heterocycles. The van der Waals surface area contributed by atoms with Gasteiger partial charge < -0.3 is 14.8 Å². The zero-order valence-electron chi connectivity index (χ0n) is 18.4. The summed E-state index contributed by atoms with van der Waals surface area (Å²) in [5.41, 5.74) is 2.33. The van der Waals surface area contributed by atoms with Gasteiger partial charge in [-0.15, -0.1) is 0 Å². The molecule has 0 aliphatic carbocycles. The number of H-pyrrole nitrogens is 2. The Morgan fingerprint density at radius 3 is 2.58 bits per heavy atom. The van der Waals surface area contributed by atoms with Gasteiger partial charge in [0.2, 0.25) is 5.88 Å². The Balaban J connectivity index is 1.66. The van der Waals surface area contributed by atoms with E-state index in [9.17, 15) is 14.7 Å². The summed E-state index contributed by atoms with van der Waals surface area (Å²) in [7, 11) is 1.63. The summed E-state index contributed by atoms with van der Waals surface area (Å²) < 4.78 is 6.35. The van der Waals surface area contributed by atoms with Crippen LogP contribution in [0.4, 0.5) is 0 Å². The van der Waals surface area contributed by atoms with E-state index < -0.39 is 17.1 Å². The van der Waals surface area contributed by atoms with Crippen LogP contribution in [0.1, 0.15) is 23.7 Å². The average Bonchev–Trinajstić information content (AvgIpc) is 3.09. The van der Waals surface area contributed by atoms with Crippen LogP contribution in [0.25, 0.3) is 16.6 Å². The first-order valence-corrected chi connectivity index (χ1v) is 10.7. The van der Waals surface area contributed by atoms with Crippen molar-refractivity contribution in [3.8, 4) is 17.3 Å². The van der Waals surface area contributed by atoms with Crippen LogP contribution in [0, 0.1) is 6.92 Å². The van der Waals surface area contributed by atoms with E-state index in [0.717, 1.165) is 32.5 Å². The van der Waals surface area contributed by atoms with Crippen LogP contribution in [0.5, 0.6) is 11.6 Å². The molecule has 170 valence electrons. The molecule has 0 spiro atoms. The zero-order chi connectivity index (χ0) is 23.7. The van der Waals surface area contributed by atoms with Gasteiger partial charge in [-0.1, -0.05) is 11.6 Å². The molecule has 2 aromatic carbocycles. The van der Waals surface area contributed by atoms with E-state index in [1.54, 1.807) is 38.3 Å². The Labute approximate surface area is 194 Å². The van der Waals surface area contributed by atoms with Crippen molar-refractivity contribution in [1.29, 1.82) is 0 Å². The number of aliphatic imine (C=N–C) groups is 1. The van der Waals surface area contributed by atoms with Crippen LogP contribution in [-0.2, 0) is 6.42 Å². The third-order valence-corrected chi connectivity index (χ3v) is 5.82. The molecule has 9 heteroatoms. The number of aromatic amines is 2. The number of hydrogen-bond donors (Lipinski definition) is 3. The zero-order valence-corrected chi connectivity index (χ0v) is 19.2. The van der Waals surface area contributed by atoms with Gasteiger partial charge >= 0.3 is 5.69 Å². The SMILES string of the molecule is COc1ccc2[nH]c(C)c(CCN=C(C)c3c(O)n(-c4ccc(Cl)cc4)c(=O)[nH]c3=O)c2c1. The molecule has 0 atom stereocenters. The largest absolute Gasteiger partial charge is 0.497 e. The number of halogens is 1. The van der Waals surface area contributed by atoms with Crippen molar-refractivity contribution in [2.45, 2.75) is 20.3 Å². The molecule has 0 aliphatic heterocycles. The van der Waals surface area contributed by atoms with Gasteiger partial charge in [0, 0.05) is 33.9 Å². The Kier molecular flexibility index (Phi) is 6.11. The van der Waals surface area contributed by atoms with Gasteiger partial charge in [0.05, 0.1) is 12.8 Å². The molecule has 2 aromatic heterocycles. The summed E-state index contributed by atoms with van der Waals surface area (Å²) in [6, 6.07) is 12.2. The second-order valence-corrected chi connectivity index (χ2v) is 8.06. The fourth-order valence-corrected chi connectivity index (χ4v) is 4.03. The number of nitrogens with one attached hydrogen (secondary N) is 2. The molecule has 4 aromatic rings. The quantitative estimate of drug-likeness (QED) is 0.376. The summed E-state index contributed by atoms with van der Waals surface area (Å²) in [6.07, 6.45) is 0.617. The maximum absolute atomic E-state index is 12.5. The van der Waals surface area contributed by atoms with Crippen molar-refractivity contribution in [2.75, 3.05) is 13.7 Å². The van der Waals surface area contributed by atoms with Gasteiger partial charge in [0.15, 0.2) is 0 Å². The minimum absolute atomic E-state index is 0.0538. The predicted octanol–water partition coefficient (Wildman–Crippen LogP) is 3.73. The van der Waals surface area contributed by atoms with Crippen LogP contribution >= 0.6 is 11.6 Å². The maximum atomic E-state index is 12.5. The number of nitrogens with zero attached hydrogens (tertiary/aromatic N) is 2. The number of methoxy groups -OCH3 is 1. The topological polar surface area (TPSA) is 112 Å². The van der Waals surface area contributed by atoms with Gasteiger partial charge in [-0.3, -0.25) is 14.8 Å². The molecule has 8 nitrogen and oxygen atoms in total. The van der Waals surface area contributed by atoms with Gasteiger partial charge in [-0.25, -0.2) is 9.36 Å². The van der Waals surface area contributed by atoms with Crippen molar-refractivity contribution in [3.05, 3.63) is 85.1 Å². The Hall–Kier alpha value is -3.78. The second kappa shape index (κ2) is 8.99. The molecule has 0 radical (unpaired) electrons. The lowest BCUT2D eigenvalue weighted by Crippen LogP contribution is -2.32. The number of rotatable bonds is 6. The van der Waals surface area contributed by atoms with Crippen molar-refractivity contribution in [2.24, 2.45) is 4.99 Å². The fourth-order valence-electron chi connectivity index (χ4n) is 3.91. The first-order chi connectivity index (χ1) is 15.8. The van der Waals surface area contributed by atoms with E-state index in [-0.39, 0.29) is 5.56 Å². The number of fused-ring (bicyclic) bond motifs is 1. The molecule has 0 amide bonds. The normalized spacial score (nSPS) is 11.8. The minimum atomic E-state index is -0.750. The van der Waals surface area contributed by atoms with E-state index in [1.807, 2.05) is 25.1 Å². The first-order valence-electron chi connectivity index (χ1n) is 10.3. The van der Waals surface area contributed by atoms with E-state index in [1.165, 1.54) is 0 Å². The van der Waals surface area contributed by atoms with Crippen molar-refractivity contribution < 1.29 is 9.84 Å². The molecule has 2 heterocycles. The third kappa shape index (κ3) is 4.29. The number of benzene rings is 2. The monoisotopic (exact) mass is 466 g/mol. The summed E-state index contributed by atoms with van der Waals surface area (Å²) in [6.45, 7) is 4.01. The van der Waals surface area contributed by atoms with Crippen LogP contribution in [-0.4, -0.2) is 39.0 Å². The Morgan fingerprint density at radius 2 is 1.88 bits per heavy atom. The van der Waals surface area contributed by atoms with Gasteiger partial charge in [-0.05, 0) is 68.3 Å². The lowest BCUT2D eigenvalue weighted by Gasteiger charge is -2.11. The highest BCUT2D eigenvalue weighted by Gasteiger charge is 2.18. The average molecular weight is 467 g/mol. The van der Waals surface area contributed by atoms with E-state index in [4.69, 9.17) is 16.3 Å². The van der Waals surface area contributed by atoms with Crippen molar-refractivity contribution in [3.63, 3.8) is 0 Å². The van der Waals surface area contributed by atoms with E-state index in [2.05, 4.69) is 15.0 Å². The highest BCUT2D eigenvalue weighted by Crippen LogP contribution is 2.27. The fraction of sp³-hybridized carbons (Fsp3) is 0.208. The summed E-state index contributed by atoms with van der Waals surface area (Å²) in [5, 5.41) is 12.3. The number of ether oxygens (including phenoxy) is 1. The molecule has 0 fully saturated rings. The predicted molar refractivity (Wildman–Crippen MR) is 130 cm³/mol. The molecule has 0 saturated carbocycles. The maximum Gasteiger partial charge on any atom is 0.335 e. The highest BCUT2D eigenvalue weighted by atomic mass is 35.5. The van der Waals surface area contributed by atoms with Crippen LogP contribution in [0.15, 0.2) is 57.0 Å². The van der Waals surface area contributed by atoms with Crippen molar-refractivity contribution >= 4 is 28.2 Å². The number of hydrogen-bond acceptors (Lipinski definition) is 5. The molecule has 0 aliphatic rings. The Bertz CT molecular complexity index is 1480. The van der Waals surface area contributed by atoms with Gasteiger partial charge in [0.25, 0.3) is 5.56 Å². The smallest absolute Gasteiger partial charge is 0.335 e. The summed E-state index contributed by atoms with van der Waals surface area (Å²) >= 11 is 5.91. The van der Waals surface area contributed by atoms with Crippen molar-refractivity contribution in [1.82, 2.24) is 14.5 Å². The highest BCUT2D eigenvalue weighted by molar-refractivity contribution is 6.30. The number of aryl methyl sites for hydroxylation is 1. The lowest BCUT2D eigenvalue weighted by atomic mass is 10.1. The molecule has 0 bridgehead atoms. The number of aromatic nitrogens is 3. The minimum Gasteiger partial charge on any atom is -0.497 e. The molecule has 3 N–H and O–H groups in total. The lowest BCUT2D eigenvalue weighted by molar-refractivity contribution is 0.415. The molecule has 33 heavy (non-hydrogen) atoms. The van der Waals surface area contributed by atoms with Crippen LogP contribution in [0.2, 0.25) is 5.02 Å². The molecular formula is C24H23ClN4O4. The van der Waals surface area contributed by atoms with Crippen LogP contribution in [0.3, 0.4) is 0 Å². The standard InChI is InChI=1S/C24H23ClN4O4/c1-13-18(19-12-17(33-3)8-9-20(19)27-13)10-11-26-14(2)21-22(30)28-24(32)29(23(21)31)16-6-4-15(25)5-7-16/h4-9,12,27,31H,10-11H2,1-3H3,(H,28,30,32). The van der Waals surface area contributed by atoms with E-state index in [0.29, 0.717) is 29.4 Å².